The van der Waals surface area contributed by atoms with Crippen LogP contribution in [0.5, 0.6) is 0 Å². The van der Waals surface area contributed by atoms with E-state index >= 15 is 0 Å². The van der Waals surface area contributed by atoms with Gasteiger partial charge in [-0.3, -0.25) is 4.57 Å². The summed E-state index contributed by atoms with van der Waals surface area (Å²) in [5.74, 6) is 1.07. The van der Waals surface area contributed by atoms with Gasteiger partial charge in [0.2, 0.25) is 5.95 Å². The van der Waals surface area contributed by atoms with E-state index in [0.29, 0.717) is 0 Å². The number of nitrogen functional groups attached to an aromatic ring is 1. The van der Waals surface area contributed by atoms with Crippen LogP contribution in [0.15, 0.2) is 24.8 Å². The van der Waals surface area contributed by atoms with Crippen LogP contribution in [0.1, 0.15) is 4.88 Å². The molecule has 80 valence electrons. The fourth-order valence-corrected chi connectivity index (χ4v) is 2.51. The van der Waals surface area contributed by atoms with Crippen LogP contribution in [0.2, 0.25) is 0 Å². The van der Waals surface area contributed by atoms with E-state index in [0.717, 1.165) is 16.0 Å². The fourth-order valence-electron chi connectivity index (χ4n) is 1.62. The first-order valence-corrected chi connectivity index (χ1v) is 5.57. The first-order chi connectivity index (χ1) is 7.74. The zero-order valence-corrected chi connectivity index (χ0v) is 9.40. The third-order valence-electron chi connectivity index (χ3n) is 2.26. The number of nitrogens with two attached hydrogens (primary N) is 1. The third-order valence-corrected chi connectivity index (χ3v) is 3.21. The molecule has 5 nitrogen and oxygen atoms in total. The molecule has 0 saturated heterocycles. The summed E-state index contributed by atoms with van der Waals surface area (Å²) >= 11 is 1.61. The van der Waals surface area contributed by atoms with E-state index in [4.69, 9.17) is 5.73 Å². The van der Waals surface area contributed by atoms with Crippen LogP contribution in [0.4, 0.5) is 5.95 Å². The molecule has 0 spiro atoms. The summed E-state index contributed by atoms with van der Waals surface area (Å²) in [4.78, 5) is 14.6. The molecule has 0 radical (unpaired) electrons. The Labute approximate surface area is 95.6 Å². The van der Waals surface area contributed by atoms with Crippen LogP contribution in [0.3, 0.4) is 0 Å². The molecule has 3 aromatic rings. The summed E-state index contributed by atoms with van der Waals surface area (Å²) in [7, 11) is 0. The molecule has 3 heterocycles. The molecule has 6 heteroatoms. The van der Waals surface area contributed by atoms with E-state index in [1.54, 1.807) is 23.9 Å². The molecule has 0 aromatic carbocycles. The molecule has 16 heavy (non-hydrogen) atoms. The van der Waals surface area contributed by atoms with Crippen molar-refractivity contribution < 1.29 is 0 Å². The molecule has 0 unspecified atom stereocenters. The van der Waals surface area contributed by atoms with Gasteiger partial charge in [0.1, 0.15) is 11.2 Å². The third kappa shape index (κ3) is 1.35. The smallest absolute Gasteiger partial charge is 0.223 e. The lowest BCUT2D eigenvalue weighted by atomic mass is 10.3. The van der Waals surface area contributed by atoms with E-state index in [9.17, 15) is 0 Å². The lowest BCUT2D eigenvalue weighted by molar-refractivity contribution is 1.00. The molecule has 0 aliphatic rings. The molecule has 0 amide bonds. The quantitative estimate of drug-likeness (QED) is 0.693. The maximum atomic E-state index is 5.69. The first-order valence-electron chi connectivity index (χ1n) is 4.76. The lowest BCUT2D eigenvalue weighted by Crippen LogP contribution is -2.01. The Hall–Kier alpha value is -1.95. The van der Waals surface area contributed by atoms with Gasteiger partial charge in [-0.2, -0.15) is 4.98 Å². The van der Waals surface area contributed by atoms with Crippen molar-refractivity contribution in [3.8, 4) is 5.82 Å². The Kier molecular flexibility index (Phi) is 1.90. The van der Waals surface area contributed by atoms with Crippen molar-refractivity contribution in [3.05, 3.63) is 29.7 Å². The number of aromatic nitrogens is 4. The van der Waals surface area contributed by atoms with Crippen molar-refractivity contribution in [2.45, 2.75) is 6.92 Å². The first kappa shape index (κ1) is 9.29. The minimum Gasteiger partial charge on any atom is -0.368 e. The second kappa shape index (κ2) is 3.28. The van der Waals surface area contributed by atoms with Crippen molar-refractivity contribution in [3.63, 3.8) is 0 Å². The highest BCUT2D eigenvalue weighted by Gasteiger charge is 2.10. The Balaban J connectivity index is 2.38. The molecule has 3 aromatic heterocycles. The molecule has 3 rings (SSSR count). The van der Waals surface area contributed by atoms with Crippen LogP contribution in [0, 0.1) is 6.92 Å². The monoisotopic (exact) mass is 231 g/mol. The molecular formula is C10H9N5S. The normalized spacial score (nSPS) is 11.1. The lowest BCUT2D eigenvalue weighted by Gasteiger charge is -2.03. The summed E-state index contributed by atoms with van der Waals surface area (Å²) in [5.41, 5.74) is 5.69. The zero-order chi connectivity index (χ0) is 11.1. The van der Waals surface area contributed by atoms with Crippen molar-refractivity contribution >= 4 is 27.5 Å². The molecular weight excluding hydrogens is 222 g/mol. The Morgan fingerprint density at radius 3 is 3.00 bits per heavy atom. The Bertz CT molecular complexity index is 641. The molecule has 0 bridgehead atoms. The van der Waals surface area contributed by atoms with E-state index in [2.05, 4.69) is 21.0 Å². The van der Waals surface area contributed by atoms with Crippen molar-refractivity contribution in [1.82, 2.24) is 19.5 Å². The van der Waals surface area contributed by atoms with Gasteiger partial charge >= 0.3 is 0 Å². The number of thiophene rings is 1. The number of fused-ring (bicyclic) bond motifs is 1. The van der Waals surface area contributed by atoms with E-state index in [-0.39, 0.29) is 5.95 Å². The topological polar surface area (TPSA) is 69.6 Å². The second-order valence-electron chi connectivity index (χ2n) is 3.45. The predicted octanol–water partition coefficient (Wildman–Crippen LogP) is 1.77. The summed E-state index contributed by atoms with van der Waals surface area (Å²) in [6.45, 7) is 2.04. The molecule has 0 fully saturated rings. The molecule has 0 atom stereocenters. The van der Waals surface area contributed by atoms with Crippen LogP contribution in [-0.4, -0.2) is 19.5 Å². The number of rotatable bonds is 1. The average molecular weight is 231 g/mol. The Morgan fingerprint density at radius 1 is 1.38 bits per heavy atom. The zero-order valence-electron chi connectivity index (χ0n) is 8.58. The van der Waals surface area contributed by atoms with Crippen molar-refractivity contribution in [2.75, 3.05) is 5.73 Å². The SMILES string of the molecule is Cc1cc2c(-n3ccnc3)nc(N)nc2s1. The van der Waals surface area contributed by atoms with E-state index in [1.165, 1.54) is 4.88 Å². The molecule has 2 N–H and O–H groups in total. The van der Waals surface area contributed by atoms with Gasteiger partial charge in [-0.15, -0.1) is 11.3 Å². The van der Waals surface area contributed by atoms with Crippen LogP contribution in [-0.2, 0) is 0 Å². The average Bonchev–Trinajstić information content (AvgIpc) is 2.83. The fraction of sp³-hybridized carbons (Fsp3) is 0.100. The van der Waals surface area contributed by atoms with Crippen LogP contribution in [0.25, 0.3) is 16.0 Å². The second-order valence-corrected chi connectivity index (χ2v) is 4.69. The van der Waals surface area contributed by atoms with Crippen molar-refractivity contribution in [1.29, 1.82) is 0 Å². The minimum atomic E-state index is 0.290. The Morgan fingerprint density at radius 2 is 2.25 bits per heavy atom. The number of anilines is 1. The van der Waals surface area contributed by atoms with Crippen molar-refractivity contribution in [2.24, 2.45) is 0 Å². The summed E-state index contributed by atoms with van der Waals surface area (Å²) in [6, 6.07) is 2.06. The predicted molar refractivity (Wildman–Crippen MR) is 63.7 cm³/mol. The van der Waals surface area contributed by atoms with Crippen LogP contribution >= 0.6 is 11.3 Å². The molecule has 0 saturated carbocycles. The maximum absolute atomic E-state index is 5.69. The number of hydrogen-bond donors (Lipinski definition) is 1. The standard InChI is InChI=1S/C10H9N5S/c1-6-4-7-8(15-3-2-12-5-15)13-10(11)14-9(7)16-6/h2-5H,1H3,(H2,11,13,14). The number of aryl methyl sites for hydroxylation is 1. The number of imidazole rings is 1. The largest absolute Gasteiger partial charge is 0.368 e. The summed E-state index contributed by atoms with van der Waals surface area (Å²) in [5, 5.41) is 1.01. The van der Waals surface area contributed by atoms with E-state index in [1.807, 2.05) is 17.7 Å². The highest BCUT2D eigenvalue weighted by atomic mass is 32.1. The maximum Gasteiger partial charge on any atom is 0.223 e. The highest BCUT2D eigenvalue weighted by Crippen LogP contribution is 2.27. The number of nitrogens with zero attached hydrogens (tertiary/aromatic N) is 4. The van der Waals surface area contributed by atoms with Gasteiger partial charge in [-0.05, 0) is 13.0 Å². The van der Waals surface area contributed by atoms with Gasteiger partial charge in [-0.25, -0.2) is 9.97 Å². The van der Waals surface area contributed by atoms with Gasteiger partial charge in [0.15, 0.2) is 5.82 Å². The van der Waals surface area contributed by atoms with Gasteiger partial charge < -0.3 is 5.73 Å². The number of hydrogen-bond acceptors (Lipinski definition) is 5. The molecule has 0 aliphatic heterocycles. The van der Waals surface area contributed by atoms with Gasteiger partial charge in [-0.1, -0.05) is 0 Å². The molecule has 0 aliphatic carbocycles. The summed E-state index contributed by atoms with van der Waals surface area (Å²) in [6.07, 6.45) is 5.26. The van der Waals surface area contributed by atoms with Crippen LogP contribution < -0.4 is 5.73 Å². The van der Waals surface area contributed by atoms with Gasteiger partial charge in [0, 0.05) is 17.3 Å². The minimum absolute atomic E-state index is 0.290. The van der Waals surface area contributed by atoms with Gasteiger partial charge in [0.25, 0.3) is 0 Å². The summed E-state index contributed by atoms with van der Waals surface area (Å²) < 4.78 is 1.84. The highest BCUT2D eigenvalue weighted by molar-refractivity contribution is 7.18. The van der Waals surface area contributed by atoms with Gasteiger partial charge in [0.05, 0.1) is 5.39 Å². The van der Waals surface area contributed by atoms with E-state index < -0.39 is 0 Å².